The lowest BCUT2D eigenvalue weighted by Crippen LogP contribution is -2.25. The van der Waals surface area contributed by atoms with Crippen molar-refractivity contribution in [2.75, 3.05) is 31.0 Å². The minimum absolute atomic E-state index is 0.238. The van der Waals surface area contributed by atoms with Crippen LogP contribution in [0.3, 0.4) is 0 Å². The molecule has 0 aromatic heterocycles. The second-order valence-electron chi connectivity index (χ2n) is 5.64. The van der Waals surface area contributed by atoms with Gasteiger partial charge in [0.15, 0.2) is 0 Å². The van der Waals surface area contributed by atoms with Crippen molar-refractivity contribution >= 4 is 22.6 Å². The number of thioether (sulfide) groups is 1. The van der Waals surface area contributed by atoms with Crippen LogP contribution in [0.1, 0.15) is 32.6 Å². The molecular formula is C14H26O3S2. The van der Waals surface area contributed by atoms with Crippen molar-refractivity contribution in [1.29, 1.82) is 0 Å². The maximum absolute atomic E-state index is 11.4. The van der Waals surface area contributed by atoms with Gasteiger partial charge in [0.1, 0.15) is 0 Å². The summed E-state index contributed by atoms with van der Waals surface area (Å²) in [4.78, 5) is 0. The van der Waals surface area contributed by atoms with E-state index in [-0.39, 0.29) is 6.10 Å². The topological polar surface area (TPSA) is 35.5 Å². The fourth-order valence-corrected chi connectivity index (χ4v) is 5.95. The van der Waals surface area contributed by atoms with Gasteiger partial charge in [0.05, 0.1) is 12.2 Å². The Morgan fingerprint density at radius 3 is 2.95 bits per heavy atom. The molecule has 2 aliphatic heterocycles. The van der Waals surface area contributed by atoms with Gasteiger partial charge in [0.25, 0.3) is 0 Å². The van der Waals surface area contributed by atoms with E-state index in [2.05, 4.69) is 18.7 Å². The first-order valence-electron chi connectivity index (χ1n) is 7.30. The molecule has 2 saturated heterocycles. The Labute approximate surface area is 123 Å². The molecular weight excluding hydrogens is 280 g/mol. The molecule has 0 saturated carbocycles. The van der Waals surface area contributed by atoms with Crippen LogP contribution in [0.15, 0.2) is 0 Å². The van der Waals surface area contributed by atoms with Gasteiger partial charge in [-0.05, 0) is 44.3 Å². The predicted octanol–water partition coefficient (Wildman–Crippen LogP) is 2.46. The van der Waals surface area contributed by atoms with E-state index >= 15 is 0 Å². The van der Waals surface area contributed by atoms with Crippen LogP contribution in [-0.2, 0) is 20.3 Å². The van der Waals surface area contributed by atoms with Crippen molar-refractivity contribution in [3.63, 3.8) is 0 Å². The SMILES string of the molecule is COCCC1SCCC1CC(C)OC1CCS(=O)C1. The Morgan fingerprint density at radius 2 is 2.26 bits per heavy atom. The van der Waals surface area contributed by atoms with E-state index in [9.17, 15) is 4.21 Å². The van der Waals surface area contributed by atoms with Gasteiger partial charge in [-0.3, -0.25) is 4.21 Å². The number of ether oxygens (including phenoxy) is 2. The molecule has 2 rings (SSSR count). The molecule has 2 heterocycles. The number of hydrogen-bond acceptors (Lipinski definition) is 4. The third-order valence-corrected chi connectivity index (χ3v) is 7.01. The highest BCUT2D eigenvalue weighted by molar-refractivity contribution is 8.00. The Kier molecular flexibility index (Phi) is 6.66. The molecule has 112 valence electrons. The van der Waals surface area contributed by atoms with Crippen molar-refractivity contribution in [3.8, 4) is 0 Å². The van der Waals surface area contributed by atoms with E-state index in [1.54, 1.807) is 7.11 Å². The first kappa shape index (κ1) is 15.8. The summed E-state index contributed by atoms with van der Waals surface area (Å²) < 4.78 is 22.6. The summed E-state index contributed by atoms with van der Waals surface area (Å²) in [6.07, 6.45) is 5.12. The zero-order chi connectivity index (χ0) is 13.7. The molecule has 5 unspecified atom stereocenters. The van der Waals surface area contributed by atoms with Gasteiger partial charge in [-0.25, -0.2) is 0 Å². The Bertz CT molecular complexity index is 298. The average molecular weight is 306 g/mol. The van der Waals surface area contributed by atoms with E-state index in [0.29, 0.717) is 6.10 Å². The summed E-state index contributed by atoms with van der Waals surface area (Å²) in [6.45, 7) is 3.04. The quantitative estimate of drug-likeness (QED) is 0.724. The van der Waals surface area contributed by atoms with E-state index in [4.69, 9.17) is 9.47 Å². The molecule has 0 aliphatic carbocycles. The van der Waals surface area contributed by atoms with Crippen LogP contribution in [0.5, 0.6) is 0 Å². The highest BCUT2D eigenvalue weighted by atomic mass is 32.2. The van der Waals surface area contributed by atoms with Crippen LogP contribution >= 0.6 is 11.8 Å². The van der Waals surface area contributed by atoms with E-state index in [0.717, 1.165) is 48.5 Å². The van der Waals surface area contributed by atoms with E-state index in [1.165, 1.54) is 12.2 Å². The van der Waals surface area contributed by atoms with Crippen LogP contribution in [0.4, 0.5) is 0 Å². The molecule has 5 atom stereocenters. The first-order chi connectivity index (χ1) is 9.19. The minimum Gasteiger partial charge on any atom is -0.385 e. The predicted molar refractivity (Wildman–Crippen MR) is 82.3 cm³/mol. The minimum atomic E-state index is -0.630. The van der Waals surface area contributed by atoms with Gasteiger partial charge in [0, 0.05) is 41.3 Å². The third-order valence-electron chi connectivity index (χ3n) is 4.05. The van der Waals surface area contributed by atoms with Gasteiger partial charge < -0.3 is 9.47 Å². The highest BCUT2D eigenvalue weighted by Gasteiger charge is 2.30. The molecule has 3 nitrogen and oxygen atoms in total. The average Bonchev–Trinajstić information content (AvgIpc) is 2.96. The first-order valence-corrected chi connectivity index (χ1v) is 9.83. The zero-order valence-electron chi connectivity index (χ0n) is 12.0. The van der Waals surface area contributed by atoms with E-state index in [1.807, 2.05) is 0 Å². The van der Waals surface area contributed by atoms with Gasteiger partial charge >= 0.3 is 0 Å². The largest absolute Gasteiger partial charge is 0.385 e. The van der Waals surface area contributed by atoms with Crippen molar-refractivity contribution in [2.24, 2.45) is 5.92 Å². The van der Waals surface area contributed by atoms with Gasteiger partial charge in [0.2, 0.25) is 0 Å². The Balaban J connectivity index is 1.71. The molecule has 2 fully saturated rings. The highest BCUT2D eigenvalue weighted by Crippen LogP contribution is 2.37. The third kappa shape index (κ3) is 5.03. The fourth-order valence-electron chi connectivity index (χ4n) is 3.07. The smallest absolute Gasteiger partial charge is 0.0702 e. The van der Waals surface area contributed by atoms with Crippen molar-refractivity contribution in [3.05, 3.63) is 0 Å². The fraction of sp³-hybridized carbons (Fsp3) is 1.00. The summed E-state index contributed by atoms with van der Waals surface area (Å²) in [5.74, 6) is 3.62. The standard InChI is InChI=1S/C14H26O3S2/c1-11(17-13-5-8-19(15)10-13)9-12-4-7-18-14(12)3-6-16-2/h11-14H,3-10H2,1-2H3. The summed E-state index contributed by atoms with van der Waals surface area (Å²) in [7, 11) is 1.15. The Morgan fingerprint density at radius 1 is 1.42 bits per heavy atom. The van der Waals surface area contributed by atoms with Crippen LogP contribution in [0.2, 0.25) is 0 Å². The summed E-state index contributed by atoms with van der Waals surface area (Å²) in [5.41, 5.74) is 0. The second-order valence-corrected chi connectivity index (χ2v) is 8.61. The molecule has 0 spiro atoms. The van der Waals surface area contributed by atoms with Crippen LogP contribution < -0.4 is 0 Å². The summed E-state index contributed by atoms with van der Waals surface area (Å²) >= 11 is 2.09. The summed E-state index contributed by atoms with van der Waals surface area (Å²) in [5, 5.41) is 0.740. The summed E-state index contributed by atoms with van der Waals surface area (Å²) in [6, 6.07) is 0. The lowest BCUT2D eigenvalue weighted by molar-refractivity contribution is -0.000447. The van der Waals surface area contributed by atoms with Crippen molar-refractivity contribution in [1.82, 2.24) is 0 Å². The van der Waals surface area contributed by atoms with Crippen LogP contribution in [-0.4, -0.2) is 52.6 Å². The van der Waals surface area contributed by atoms with Crippen molar-refractivity contribution < 1.29 is 13.7 Å². The van der Waals surface area contributed by atoms with Gasteiger partial charge in [-0.2, -0.15) is 11.8 Å². The maximum Gasteiger partial charge on any atom is 0.0702 e. The van der Waals surface area contributed by atoms with E-state index < -0.39 is 10.8 Å². The molecule has 0 bridgehead atoms. The molecule has 0 radical (unpaired) electrons. The maximum atomic E-state index is 11.4. The van der Waals surface area contributed by atoms with Crippen molar-refractivity contribution in [2.45, 2.75) is 50.1 Å². The van der Waals surface area contributed by atoms with Crippen LogP contribution in [0, 0.1) is 5.92 Å². The molecule has 0 aromatic rings. The molecule has 19 heavy (non-hydrogen) atoms. The number of methoxy groups -OCH3 is 1. The number of rotatable bonds is 7. The lowest BCUT2D eigenvalue weighted by Gasteiger charge is -2.24. The van der Waals surface area contributed by atoms with Gasteiger partial charge in [-0.15, -0.1) is 0 Å². The normalized spacial score (nSPS) is 36.7. The molecule has 0 amide bonds. The second kappa shape index (κ2) is 8.01. The van der Waals surface area contributed by atoms with Crippen LogP contribution in [0.25, 0.3) is 0 Å². The molecule has 2 aliphatic rings. The van der Waals surface area contributed by atoms with Gasteiger partial charge in [-0.1, -0.05) is 0 Å². The molecule has 0 aromatic carbocycles. The number of hydrogen-bond donors (Lipinski definition) is 0. The molecule has 5 heteroatoms. The molecule has 0 N–H and O–H groups in total. The lowest BCUT2D eigenvalue weighted by atomic mass is 9.94. The Hall–Kier alpha value is 0.420. The zero-order valence-corrected chi connectivity index (χ0v) is 13.6. The monoisotopic (exact) mass is 306 g/mol.